The van der Waals surface area contributed by atoms with Crippen molar-refractivity contribution >= 4 is 22.8 Å². The lowest BCUT2D eigenvalue weighted by molar-refractivity contribution is -0.141. The molecular weight excluding hydrogens is 320 g/mol. The molecular formula is C18H24N4O3. The summed E-state index contributed by atoms with van der Waals surface area (Å²) >= 11 is 0. The number of aliphatic carboxylic acids is 1. The monoisotopic (exact) mass is 344 g/mol. The largest absolute Gasteiger partial charge is 0.480 e. The number of hydrogen-bond donors (Lipinski definition) is 5. The molecule has 3 rings (SSSR count). The van der Waals surface area contributed by atoms with Crippen LogP contribution in [0.2, 0.25) is 0 Å². The van der Waals surface area contributed by atoms with Gasteiger partial charge in [-0.05, 0) is 39.3 Å². The van der Waals surface area contributed by atoms with Crippen molar-refractivity contribution in [2.24, 2.45) is 5.92 Å². The van der Waals surface area contributed by atoms with Crippen molar-refractivity contribution in [2.75, 3.05) is 0 Å². The van der Waals surface area contributed by atoms with E-state index in [1.165, 1.54) is 0 Å². The van der Waals surface area contributed by atoms with Gasteiger partial charge in [0.1, 0.15) is 6.04 Å². The molecule has 1 amide bonds. The van der Waals surface area contributed by atoms with Crippen molar-refractivity contribution in [3.63, 3.8) is 0 Å². The zero-order valence-corrected chi connectivity index (χ0v) is 14.8. The Kier molecular flexibility index (Phi) is 4.53. The first-order valence-electron chi connectivity index (χ1n) is 8.44. The van der Waals surface area contributed by atoms with Crippen LogP contribution in [0, 0.1) is 19.8 Å². The number of benzene rings is 1. The summed E-state index contributed by atoms with van der Waals surface area (Å²) in [5.74, 6) is -1.67. The second-order valence-electron chi connectivity index (χ2n) is 6.84. The van der Waals surface area contributed by atoms with Crippen LogP contribution in [-0.2, 0) is 4.79 Å². The minimum absolute atomic E-state index is 0.0674. The summed E-state index contributed by atoms with van der Waals surface area (Å²) in [6, 6.07) is 4.37. The number of aryl methyl sites for hydroxylation is 2. The maximum absolute atomic E-state index is 12.8. The molecule has 1 saturated heterocycles. The minimum Gasteiger partial charge on any atom is -0.480 e. The number of para-hydroxylation sites is 1. The van der Waals surface area contributed by atoms with Crippen LogP contribution < -0.4 is 16.2 Å². The highest BCUT2D eigenvalue weighted by Crippen LogP contribution is 2.25. The van der Waals surface area contributed by atoms with E-state index in [1.54, 1.807) is 6.07 Å². The highest BCUT2D eigenvalue weighted by Gasteiger charge is 2.41. The molecule has 0 radical (unpaired) electrons. The summed E-state index contributed by atoms with van der Waals surface area (Å²) in [5, 5.41) is 13.3. The second-order valence-corrected chi connectivity index (χ2v) is 6.84. The van der Waals surface area contributed by atoms with Crippen LogP contribution in [0.4, 0.5) is 0 Å². The molecule has 0 saturated carbocycles. The topological polar surface area (TPSA) is 106 Å². The predicted molar refractivity (Wildman–Crippen MR) is 95.3 cm³/mol. The van der Waals surface area contributed by atoms with Crippen LogP contribution in [0.25, 0.3) is 10.9 Å². The molecule has 3 unspecified atom stereocenters. The Morgan fingerprint density at radius 1 is 1.16 bits per heavy atom. The van der Waals surface area contributed by atoms with Gasteiger partial charge in [0.15, 0.2) is 0 Å². The van der Waals surface area contributed by atoms with E-state index in [9.17, 15) is 14.7 Å². The molecule has 1 aliphatic rings. The lowest BCUT2D eigenvalue weighted by atomic mass is 9.88. The van der Waals surface area contributed by atoms with Gasteiger partial charge >= 0.3 is 5.97 Å². The molecule has 0 bridgehead atoms. The fourth-order valence-corrected chi connectivity index (χ4v) is 3.68. The maximum atomic E-state index is 12.8. The van der Waals surface area contributed by atoms with Gasteiger partial charge in [0.05, 0.1) is 11.1 Å². The van der Waals surface area contributed by atoms with Crippen LogP contribution in [0.15, 0.2) is 18.2 Å². The normalized spacial score (nSPS) is 24.4. The molecule has 7 heteroatoms. The van der Waals surface area contributed by atoms with Crippen molar-refractivity contribution in [2.45, 2.75) is 45.8 Å². The highest BCUT2D eigenvalue weighted by molar-refractivity contribution is 6.07. The first-order chi connectivity index (χ1) is 11.8. The van der Waals surface area contributed by atoms with Gasteiger partial charge in [-0.1, -0.05) is 12.1 Å². The van der Waals surface area contributed by atoms with Crippen LogP contribution in [0.5, 0.6) is 0 Å². The van der Waals surface area contributed by atoms with Crippen molar-refractivity contribution in [1.29, 1.82) is 0 Å². The zero-order chi connectivity index (χ0) is 18.3. The van der Waals surface area contributed by atoms with Gasteiger partial charge < -0.3 is 15.4 Å². The van der Waals surface area contributed by atoms with Crippen LogP contribution >= 0.6 is 0 Å². The van der Waals surface area contributed by atoms with Gasteiger partial charge in [0.2, 0.25) is 0 Å². The van der Waals surface area contributed by atoms with E-state index in [0.29, 0.717) is 5.56 Å². The fourth-order valence-electron chi connectivity index (χ4n) is 3.68. The first kappa shape index (κ1) is 17.4. The smallest absolute Gasteiger partial charge is 0.326 e. The number of aromatic nitrogens is 1. The molecule has 2 heterocycles. The number of fused-ring (bicyclic) bond motifs is 1. The molecule has 25 heavy (non-hydrogen) atoms. The number of carboxylic acid groups (broad SMARTS) is 1. The Labute approximate surface area is 146 Å². The SMILES string of the molecule is Cc1[nH]c2c(C(=O)NC(C(=O)O)C3C(C)NNC3C)cccc2c1C. The van der Waals surface area contributed by atoms with E-state index in [0.717, 1.165) is 22.2 Å². The molecule has 0 spiro atoms. The Hall–Kier alpha value is -2.38. The first-order valence-corrected chi connectivity index (χ1v) is 8.44. The van der Waals surface area contributed by atoms with Crippen LogP contribution in [-0.4, -0.2) is 40.1 Å². The Morgan fingerprint density at radius 3 is 2.40 bits per heavy atom. The van der Waals surface area contributed by atoms with Gasteiger partial charge in [-0.25, -0.2) is 4.79 Å². The molecule has 7 nitrogen and oxygen atoms in total. The predicted octanol–water partition coefficient (Wildman–Crippen LogP) is 1.47. The summed E-state index contributed by atoms with van der Waals surface area (Å²) in [5.41, 5.74) is 9.36. The number of amides is 1. The third kappa shape index (κ3) is 3.01. The number of carboxylic acids is 1. The number of nitrogens with one attached hydrogen (secondary N) is 4. The number of hydrogen-bond acceptors (Lipinski definition) is 4. The molecule has 1 aromatic carbocycles. The quantitative estimate of drug-likeness (QED) is 0.577. The highest BCUT2D eigenvalue weighted by atomic mass is 16.4. The Balaban J connectivity index is 1.93. The average Bonchev–Trinajstić information content (AvgIpc) is 3.04. The number of carbonyl (C=O) groups excluding carboxylic acids is 1. The molecule has 1 fully saturated rings. The number of hydrazine groups is 1. The molecule has 1 aliphatic heterocycles. The van der Waals surface area contributed by atoms with Crippen molar-refractivity contribution in [3.05, 3.63) is 35.0 Å². The zero-order valence-electron chi connectivity index (χ0n) is 14.8. The van der Waals surface area contributed by atoms with Crippen molar-refractivity contribution < 1.29 is 14.7 Å². The third-order valence-electron chi connectivity index (χ3n) is 5.22. The number of rotatable bonds is 4. The van der Waals surface area contributed by atoms with Gasteiger partial charge in [0, 0.05) is 29.1 Å². The van der Waals surface area contributed by atoms with E-state index >= 15 is 0 Å². The van der Waals surface area contributed by atoms with Crippen molar-refractivity contribution in [3.8, 4) is 0 Å². The lowest BCUT2D eigenvalue weighted by Gasteiger charge is -2.26. The summed E-state index contributed by atoms with van der Waals surface area (Å²) in [6.45, 7) is 7.76. The average molecular weight is 344 g/mol. The molecule has 134 valence electrons. The Bertz CT molecular complexity index is 819. The number of H-pyrrole nitrogens is 1. The van der Waals surface area contributed by atoms with Crippen LogP contribution in [0.3, 0.4) is 0 Å². The van der Waals surface area contributed by atoms with Crippen molar-refractivity contribution in [1.82, 2.24) is 21.2 Å². The second kappa shape index (κ2) is 6.50. The number of aromatic amines is 1. The summed E-state index contributed by atoms with van der Waals surface area (Å²) in [7, 11) is 0. The van der Waals surface area contributed by atoms with Crippen LogP contribution in [0.1, 0.15) is 35.5 Å². The third-order valence-corrected chi connectivity index (χ3v) is 5.22. The fraction of sp³-hybridized carbons (Fsp3) is 0.444. The molecule has 3 atom stereocenters. The standard InChI is InChI=1S/C18H24N4O3/c1-8-9(2)19-15-12(8)6-5-7-13(15)17(23)20-16(18(24)25)14-10(3)21-22-11(14)4/h5-7,10-11,14,16,19,21-22H,1-4H3,(H,20,23)(H,24,25). The molecule has 2 aromatic rings. The summed E-state index contributed by atoms with van der Waals surface area (Å²) in [6.07, 6.45) is 0. The van der Waals surface area contributed by atoms with E-state index in [2.05, 4.69) is 21.2 Å². The van der Waals surface area contributed by atoms with E-state index in [4.69, 9.17) is 0 Å². The van der Waals surface area contributed by atoms with E-state index in [-0.39, 0.29) is 23.9 Å². The molecule has 1 aromatic heterocycles. The van der Waals surface area contributed by atoms with E-state index < -0.39 is 12.0 Å². The molecule has 5 N–H and O–H groups in total. The number of carbonyl (C=O) groups is 2. The van der Waals surface area contributed by atoms with Gasteiger partial charge in [-0.15, -0.1) is 0 Å². The Morgan fingerprint density at radius 2 is 1.80 bits per heavy atom. The van der Waals surface area contributed by atoms with Gasteiger partial charge in [0.25, 0.3) is 5.91 Å². The lowest BCUT2D eigenvalue weighted by Crippen LogP contribution is -2.51. The van der Waals surface area contributed by atoms with Gasteiger partial charge in [-0.2, -0.15) is 0 Å². The van der Waals surface area contributed by atoms with E-state index in [1.807, 2.05) is 39.8 Å². The summed E-state index contributed by atoms with van der Waals surface area (Å²) in [4.78, 5) is 27.8. The minimum atomic E-state index is -1.03. The maximum Gasteiger partial charge on any atom is 0.326 e. The van der Waals surface area contributed by atoms with Gasteiger partial charge in [-0.3, -0.25) is 15.6 Å². The molecule has 0 aliphatic carbocycles. The summed E-state index contributed by atoms with van der Waals surface area (Å²) < 4.78 is 0.